The van der Waals surface area contributed by atoms with E-state index in [1.807, 2.05) is 30.3 Å². The number of rotatable bonds is 1. The summed E-state index contributed by atoms with van der Waals surface area (Å²) in [5.41, 5.74) is 1.62. The van der Waals surface area contributed by atoms with Crippen molar-refractivity contribution >= 4 is 5.71 Å². The highest BCUT2D eigenvalue weighted by Crippen LogP contribution is 1.97. The van der Waals surface area contributed by atoms with Gasteiger partial charge in [-0.2, -0.15) is 0 Å². The van der Waals surface area contributed by atoms with Crippen LogP contribution in [0.25, 0.3) is 0 Å². The van der Waals surface area contributed by atoms with E-state index in [2.05, 4.69) is 0 Å². The average Bonchev–Trinajstić information content (AvgIpc) is 1.90. The van der Waals surface area contributed by atoms with Gasteiger partial charge >= 0.3 is 0 Å². The normalized spacial score (nSPS) is 9.00. The van der Waals surface area contributed by atoms with E-state index in [1.165, 1.54) is 0 Å². The molecule has 0 saturated heterocycles. The number of hydrogen-bond donors (Lipinski definition) is 1. The van der Waals surface area contributed by atoms with E-state index in [0.29, 0.717) is 5.71 Å². The summed E-state index contributed by atoms with van der Waals surface area (Å²) in [7, 11) is 0. The lowest BCUT2D eigenvalue weighted by atomic mass is 10.1. The monoisotopic (exact) mass is 119 g/mol. The van der Waals surface area contributed by atoms with Crippen LogP contribution < -0.4 is 0 Å². The molecule has 0 saturated carbocycles. The first-order chi connectivity index (χ1) is 4.30. The van der Waals surface area contributed by atoms with Gasteiger partial charge in [0.2, 0.25) is 0 Å². The van der Waals surface area contributed by atoms with E-state index < -0.39 is 0 Å². The molecule has 0 spiro atoms. The lowest BCUT2D eigenvalue weighted by Crippen LogP contribution is -1.88. The Bertz CT molecular complexity index is 201. The largest absolute Gasteiger partial charge is 0.305 e. The molecule has 0 aromatic heterocycles. The van der Waals surface area contributed by atoms with Gasteiger partial charge in [0.1, 0.15) is 0 Å². The van der Waals surface area contributed by atoms with E-state index >= 15 is 0 Å². The summed E-state index contributed by atoms with van der Waals surface area (Å²) in [5.74, 6) is 0. The Labute approximate surface area is 54.8 Å². The van der Waals surface area contributed by atoms with E-state index in [0.717, 1.165) is 5.56 Å². The fourth-order valence-corrected chi connectivity index (χ4v) is 0.688. The third-order valence-electron chi connectivity index (χ3n) is 1.21. The van der Waals surface area contributed by atoms with Crippen LogP contribution in [0.3, 0.4) is 0 Å². The van der Waals surface area contributed by atoms with Crippen LogP contribution in [0.5, 0.6) is 0 Å². The molecule has 0 aliphatic heterocycles. The lowest BCUT2D eigenvalue weighted by Gasteiger charge is -1.92. The molecular weight excluding hydrogens is 110 g/mol. The Morgan fingerprint density at radius 2 is 1.78 bits per heavy atom. The average molecular weight is 119 g/mol. The molecule has 0 amide bonds. The third kappa shape index (κ3) is 1.39. The van der Waals surface area contributed by atoms with Crippen LogP contribution in [0.1, 0.15) is 12.5 Å². The number of hydrogen-bond acceptors (Lipinski definition) is 1. The topological polar surface area (TPSA) is 23.9 Å². The second-order valence-electron chi connectivity index (χ2n) is 1.99. The first-order valence-electron chi connectivity index (χ1n) is 2.91. The smallest absolute Gasteiger partial charge is 0.0355 e. The van der Waals surface area contributed by atoms with Crippen molar-refractivity contribution in [1.29, 1.82) is 5.41 Å². The molecule has 0 radical (unpaired) electrons. The van der Waals surface area contributed by atoms with Crippen LogP contribution in [-0.2, 0) is 0 Å². The van der Waals surface area contributed by atoms with Crippen LogP contribution in [0.2, 0.25) is 0 Å². The van der Waals surface area contributed by atoms with Crippen molar-refractivity contribution < 1.29 is 0 Å². The lowest BCUT2D eigenvalue weighted by molar-refractivity contribution is 1.46. The maximum atomic E-state index is 7.24. The van der Waals surface area contributed by atoms with Gasteiger partial charge in [-0.3, -0.25) is 0 Å². The van der Waals surface area contributed by atoms with Gasteiger partial charge in [-0.1, -0.05) is 30.3 Å². The van der Waals surface area contributed by atoms with Crippen molar-refractivity contribution in [2.24, 2.45) is 0 Å². The van der Waals surface area contributed by atoms with Gasteiger partial charge in [0.15, 0.2) is 0 Å². The van der Waals surface area contributed by atoms with Gasteiger partial charge in [-0.25, -0.2) is 0 Å². The van der Waals surface area contributed by atoms with E-state index in [4.69, 9.17) is 5.41 Å². The predicted molar refractivity (Wildman–Crippen MR) is 38.9 cm³/mol. The van der Waals surface area contributed by atoms with Crippen LogP contribution >= 0.6 is 0 Å². The minimum atomic E-state index is 0.621. The Morgan fingerprint density at radius 3 is 2.11 bits per heavy atom. The summed E-state index contributed by atoms with van der Waals surface area (Å²) in [4.78, 5) is 0. The van der Waals surface area contributed by atoms with Gasteiger partial charge in [-0.05, 0) is 12.5 Å². The zero-order chi connectivity index (χ0) is 6.69. The molecule has 0 atom stereocenters. The van der Waals surface area contributed by atoms with Crippen molar-refractivity contribution in [3.05, 3.63) is 35.9 Å². The number of nitrogens with one attached hydrogen (secondary N) is 1. The highest BCUT2D eigenvalue weighted by Gasteiger charge is 1.88. The van der Waals surface area contributed by atoms with Gasteiger partial charge < -0.3 is 5.41 Å². The first-order valence-corrected chi connectivity index (χ1v) is 2.91. The van der Waals surface area contributed by atoms with Gasteiger partial charge in [0.25, 0.3) is 0 Å². The summed E-state index contributed by atoms with van der Waals surface area (Å²) >= 11 is 0. The molecule has 1 nitrogen and oxygen atoms in total. The molecular formula is C8H9N. The minimum Gasteiger partial charge on any atom is -0.305 e. The molecule has 0 heterocycles. The summed E-state index contributed by atoms with van der Waals surface area (Å²) in [6.45, 7) is 1.79. The molecule has 0 aliphatic carbocycles. The highest BCUT2D eigenvalue weighted by molar-refractivity contribution is 5.96. The maximum absolute atomic E-state index is 7.24. The Balaban J connectivity index is 2.98. The Hall–Kier alpha value is -1.11. The minimum absolute atomic E-state index is 0.621. The molecule has 1 heteroatoms. The van der Waals surface area contributed by atoms with Crippen LogP contribution in [0.15, 0.2) is 30.3 Å². The second-order valence-corrected chi connectivity index (χ2v) is 1.99. The third-order valence-corrected chi connectivity index (χ3v) is 1.21. The fraction of sp³-hybridized carbons (Fsp3) is 0.125. The molecule has 0 bridgehead atoms. The van der Waals surface area contributed by atoms with Crippen molar-refractivity contribution in [1.82, 2.24) is 0 Å². The SMILES string of the molecule is CC(=N)c1ccccc1. The van der Waals surface area contributed by atoms with Crippen molar-refractivity contribution in [2.45, 2.75) is 6.92 Å². The first kappa shape index (κ1) is 6.02. The number of benzene rings is 1. The standard InChI is InChI=1S/C8H9N/c1-7(9)8-5-3-2-4-6-8/h2-6,9H,1H3. The van der Waals surface area contributed by atoms with E-state index in [9.17, 15) is 0 Å². The summed E-state index contributed by atoms with van der Waals surface area (Å²) in [6, 6.07) is 9.69. The molecule has 1 N–H and O–H groups in total. The zero-order valence-corrected chi connectivity index (χ0v) is 5.39. The molecule has 0 fully saturated rings. The highest BCUT2D eigenvalue weighted by atomic mass is 14.4. The second kappa shape index (κ2) is 2.44. The van der Waals surface area contributed by atoms with E-state index in [1.54, 1.807) is 6.92 Å². The van der Waals surface area contributed by atoms with Gasteiger partial charge in [0, 0.05) is 5.71 Å². The molecule has 1 aromatic rings. The molecule has 0 unspecified atom stereocenters. The van der Waals surface area contributed by atoms with Gasteiger partial charge in [-0.15, -0.1) is 0 Å². The Kier molecular flexibility index (Phi) is 1.63. The predicted octanol–water partition coefficient (Wildman–Crippen LogP) is 2.07. The quantitative estimate of drug-likeness (QED) is 0.547. The van der Waals surface area contributed by atoms with Crippen LogP contribution in [-0.4, -0.2) is 5.71 Å². The van der Waals surface area contributed by atoms with Crippen LogP contribution in [0, 0.1) is 5.41 Å². The van der Waals surface area contributed by atoms with Crippen molar-refractivity contribution in [2.75, 3.05) is 0 Å². The van der Waals surface area contributed by atoms with Crippen molar-refractivity contribution in [3.63, 3.8) is 0 Å². The summed E-state index contributed by atoms with van der Waals surface area (Å²) in [6.07, 6.45) is 0. The zero-order valence-electron chi connectivity index (χ0n) is 5.39. The summed E-state index contributed by atoms with van der Waals surface area (Å²) < 4.78 is 0. The molecule has 1 rings (SSSR count). The summed E-state index contributed by atoms with van der Waals surface area (Å²) in [5, 5.41) is 7.24. The molecule has 0 aliphatic rings. The van der Waals surface area contributed by atoms with Gasteiger partial charge in [0.05, 0.1) is 0 Å². The molecule has 46 valence electrons. The van der Waals surface area contributed by atoms with E-state index in [-0.39, 0.29) is 0 Å². The Morgan fingerprint density at radius 1 is 1.22 bits per heavy atom. The van der Waals surface area contributed by atoms with Crippen molar-refractivity contribution in [3.8, 4) is 0 Å². The fourth-order valence-electron chi connectivity index (χ4n) is 0.688. The molecule has 9 heavy (non-hydrogen) atoms. The molecule has 1 aromatic carbocycles. The van der Waals surface area contributed by atoms with Crippen LogP contribution in [0.4, 0.5) is 0 Å². The maximum Gasteiger partial charge on any atom is 0.0355 e.